The second-order valence-corrected chi connectivity index (χ2v) is 4.72. The Morgan fingerprint density at radius 1 is 1.00 bits per heavy atom. The molecule has 0 saturated heterocycles. The lowest BCUT2D eigenvalue weighted by molar-refractivity contribution is 0.0993. The summed E-state index contributed by atoms with van der Waals surface area (Å²) < 4.78 is 12.9. The van der Waals surface area contributed by atoms with E-state index in [4.69, 9.17) is 0 Å². The molecule has 2 aromatic rings. The fourth-order valence-electron chi connectivity index (χ4n) is 2.05. The molecule has 0 aromatic heterocycles. The predicted molar refractivity (Wildman–Crippen MR) is 75.0 cm³/mol. The lowest BCUT2D eigenvalue weighted by Crippen LogP contribution is -2.26. The van der Waals surface area contributed by atoms with Gasteiger partial charge < -0.3 is 4.90 Å². The van der Waals surface area contributed by atoms with Crippen molar-refractivity contribution in [2.45, 2.75) is 13.8 Å². The summed E-state index contributed by atoms with van der Waals surface area (Å²) in [6.07, 6.45) is 0. The summed E-state index contributed by atoms with van der Waals surface area (Å²) in [6.45, 7) is 3.99. The highest BCUT2D eigenvalue weighted by Crippen LogP contribution is 2.19. The molecule has 0 saturated carbocycles. The normalized spacial score (nSPS) is 10.3. The lowest BCUT2D eigenvalue weighted by Gasteiger charge is -2.18. The van der Waals surface area contributed by atoms with Crippen molar-refractivity contribution >= 4 is 11.6 Å². The molecule has 2 nitrogen and oxygen atoms in total. The van der Waals surface area contributed by atoms with Crippen LogP contribution in [0.1, 0.15) is 21.5 Å². The number of carbonyl (C=O) groups excluding carboxylic acids is 1. The molecule has 3 heteroatoms. The van der Waals surface area contributed by atoms with E-state index in [2.05, 4.69) is 6.07 Å². The fourth-order valence-corrected chi connectivity index (χ4v) is 2.05. The van der Waals surface area contributed by atoms with Gasteiger partial charge in [-0.2, -0.15) is 0 Å². The molecule has 0 bridgehead atoms. The molecule has 0 unspecified atom stereocenters. The highest BCUT2D eigenvalue weighted by atomic mass is 19.1. The van der Waals surface area contributed by atoms with E-state index in [-0.39, 0.29) is 11.7 Å². The van der Waals surface area contributed by atoms with Gasteiger partial charge in [-0.1, -0.05) is 6.07 Å². The molecule has 0 spiro atoms. The third kappa shape index (κ3) is 2.99. The van der Waals surface area contributed by atoms with Crippen LogP contribution in [0.3, 0.4) is 0 Å². The van der Waals surface area contributed by atoms with Gasteiger partial charge in [0.05, 0.1) is 0 Å². The summed E-state index contributed by atoms with van der Waals surface area (Å²) in [5.74, 6) is -0.490. The quantitative estimate of drug-likeness (QED) is 0.803. The van der Waals surface area contributed by atoms with E-state index >= 15 is 0 Å². The summed E-state index contributed by atoms with van der Waals surface area (Å²) in [6, 6.07) is 11.5. The fraction of sp³-hybridized carbons (Fsp3) is 0.188. The Hall–Kier alpha value is -2.16. The standard InChI is InChI=1S/C16H16FNO/c1-11-8-12(2)10-15(9-11)18(3)16(19)13-4-6-14(17)7-5-13/h4-10H,1-3H3. The molecule has 98 valence electrons. The van der Waals surface area contributed by atoms with Gasteiger partial charge in [-0.05, 0) is 61.4 Å². The summed E-state index contributed by atoms with van der Waals surface area (Å²) in [4.78, 5) is 13.9. The van der Waals surface area contributed by atoms with Gasteiger partial charge in [-0.3, -0.25) is 4.79 Å². The Morgan fingerprint density at radius 3 is 2.05 bits per heavy atom. The van der Waals surface area contributed by atoms with Crippen molar-refractivity contribution in [3.8, 4) is 0 Å². The van der Waals surface area contributed by atoms with Crippen molar-refractivity contribution in [1.82, 2.24) is 0 Å². The maximum absolute atomic E-state index is 12.9. The second kappa shape index (κ2) is 5.22. The number of hydrogen-bond donors (Lipinski definition) is 0. The predicted octanol–water partition coefficient (Wildman–Crippen LogP) is 3.72. The number of rotatable bonds is 2. The van der Waals surface area contributed by atoms with E-state index in [0.29, 0.717) is 5.56 Å². The maximum atomic E-state index is 12.9. The molecule has 0 aliphatic carbocycles. The van der Waals surface area contributed by atoms with Crippen LogP contribution in [0.5, 0.6) is 0 Å². The Balaban J connectivity index is 2.30. The van der Waals surface area contributed by atoms with Gasteiger partial charge in [-0.15, -0.1) is 0 Å². The van der Waals surface area contributed by atoms with Crippen LogP contribution in [0.15, 0.2) is 42.5 Å². The SMILES string of the molecule is Cc1cc(C)cc(N(C)C(=O)c2ccc(F)cc2)c1. The molecule has 0 atom stereocenters. The van der Waals surface area contributed by atoms with Crippen molar-refractivity contribution in [3.05, 3.63) is 65.0 Å². The van der Waals surface area contributed by atoms with Gasteiger partial charge in [0.25, 0.3) is 5.91 Å². The summed E-state index contributed by atoms with van der Waals surface area (Å²) >= 11 is 0. The number of halogens is 1. The number of anilines is 1. The Bertz CT molecular complexity index is 584. The minimum Gasteiger partial charge on any atom is -0.311 e. The molecule has 0 aliphatic heterocycles. The molecular formula is C16H16FNO. The summed E-state index contributed by atoms with van der Waals surface area (Å²) in [5.41, 5.74) is 3.53. The van der Waals surface area contributed by atoms with Crippen molar-refractivity contribution in [1.29, 1.82) is 0 Å². The number of carbonyl (C=O) groups is 1. The average molecular weight is 257 g/mol. The zero-order valence-corrected chi connectivity index (χ0v) is 11.3. The van der Waals surface area contributed by atoms with Crippen LogP contribution >= 0.6 is 0 Å². The summed E-state index contributed by atoms with van der Waals surface area (Å²) in [5, 5.41) is 0. The first-order chi connectivity index (χ1) is 8.97. The van der Waals surface area contributed by atoms with E-state index < -0.39 is 0 Å². The smallest absolute Gasteiger partial charge is 0.258 e. The molecule has 0 N–H and O–H groups in total. The Kier molecular flexibility index (Phi) is 3.65. The highest BCUT2D eigenvalue weighted by Gasteiger charge is 2.13. The van der Waals surface area contributed by atoms with Crippen LogP contribution in [0.4, 0.5) is 10.1 Å². The topological polar surface area (TPSA) is 20.3 Å². The zero-order chi connectivity index (χ0) is 14.0. The second-order valence-electron chi connectivity index (χ2n) is 4.72. The van der Waals surface area contributed by atoms with Gasteiger partial charge in [-0.25, -0.2) is 4.39 Å². The van der Waals surface area contributed by atoms with Gasteiger partial charge in [0.1, 0.15) is 5.82 Å². The molecular weight excluding hydrogens is 241 g/mol. The first-order valence-electron chi connectivity index (χ1n) is 6.09. The van der Waals surface area contributed by atoms with E-state index in [0.717, 1.165) is 16.8 Å². The first-order valence-corrected chi connectivity index (χ1v) is 6.09. The number of aryl methyl sites for hydroxylation is 2. The number of nitrogens with zero attached hydrogens (tertiary/aromatic N) is 1. The minimum absolute atomic E-state index is 0.148. The Morgan fingerprint density at radius 2 is 1.53 bits per heavy atom. The Labute approximate surface area is 112 Å². The first kappa shape index (κ1) is 13.3. The molecule has 1 amide bonds. The summed E-state index contributed by atoms with van der Waals surface area (Å²) in [7, 11) is 1.72. The minimum atomic E-state index is -0.342. The van der Waals surface area contributed by atoms with Crippen molar-refractivity contribution in [3.63, 3.8) is 0 Å². The number of amides is 1. The number of hydrogen-bond acceptors (Lipinski definition) is 1. The van der Waals surface area contributed by atoms with Crippen molar-refractivity contribution in [2.24, 2.45) is 0 Å². The van der Waals surface area contributed by atoms with Crippen LogP contribution in [-0.2, 0) is 0 Å². The van der Waals surface area contributed by atoms with Crippen LogP contribution < -0.4 is 4.90 Å². The number of benzene rings is 2. The molecule has 19 heavy (non-hydrogen) atoms. The maximum Gasteiger partial charge on any atom is 0.258 e. The van der Waals surface area contributed by atoms with Crippen molar-refractivity contribution in [2.75, 3.05) is 11.9 Å². The third-order valence-electron chi connectivity index (χ3n) is 2.99. The van der Waals surface area contributed by atoms with Crippen LogP contribution in [0.2, 0.25) is 0 Å². The van der Waals surface area contributed by atoms with E-state index in [1.165, 1.54) is 24.3 Å². The zero-order valence-electron chi connectivity index (χ0n) is 11.3. The van der Waals surface area contributed by atoms with Gasteiger partial charge >= 0.3 is 0 Å². The highest BCUT2D eigenvalue weighted by molar-refractivity contribution is 6.05. The van der Waals surface area contributed by atoms with Crippen LogP contribution in [0.25, 0.3) is 0 Å². The largest absolute Gasteiger partial charge is 0.311 e. The van der Waals surface area contributed by atoms with Gasteiger partial charge in [0, 0.05) is 18.3 Å². The van der Waals surface area contributed by atoms with E-state index in [1.54, 1.807) is 11.9 Å². The van der Waals surface area contributed by atoms with Crippen molar-refractivity contribution < 1.29 is 9.18 Å². The third-order valence-corrected chi connectivity index (χ3v) is 2.99. The van der Waals surface area contributed by atoms with E-state index in [1.807, 2.05) is 26.0 Å². The molecule has 0 radical (unpaired) electrons. The van der Waals surface area contributed by atoms with Crippen LogP contribution in [0, 0.1) is 19.7 Å². The van der Waals surface area contributed by atoms with Gasteiger partial charge in [0.15, 0.2) is 0 Å². The van der Waals surface area contributed by atoms with E-state index in [9.17, 15) is 9.18 Å². The lowest BCUT2D eigenvalue weighted by atomic mass is 10.1. The average Bonchev–Trinajstić information content (AvgIpc) is 2.37. The molecule has 0 heterocycles. The van der Waals surface area contributed by atoms with Gasteiger partial charge in [0.2, 0.25) is 0 Å². The molecule has 2 rings (SSSR count). The van der Waals surface area contributed by atoms with Crippen LogP contribution in [-0.4, -0.2) is 13.0 Å². The molecule has 2 aromatic carbocycles. The molecule has 0 fully saturated rings. The monoisotopic (exact) mass is 257 g/mol. The molecule has 0 aliphatic rings.